The van der Waals surface area contributed by atoms with Crippen molar-refractivity contribution in [1.29, 1.82) is 0 Å². The van der Waals surface area contributed by atoms with Gasteiger partial charge in [0, 0.05) is 29.6 Å². The quantitative estimate of drug-likeness (QED) is 0.721. The number of oxazole rings is 1. The molecule has 3 aromatic rings. The van der Waals surface area contributed by atoms with Crippen LogP contribution in [0, 0.1) is 6.92 Å². The van der Waals surface area contributed by atoms with Crippen LogP contribution < -0.4 is 0 Å². The third kappa shape index (κ3) is 2.59. The summed E-state index contributed by atoms with van der Waals surface area (Å²) < 4.78 is 7.84. The second-order valence-corrected chi connectivity index (χ2v) is 6.06. The zero-order valence-corrected chi connectivity index (χ0v) is 12.7. The molecule has 5 heteroatoms. The van der Waals surface area contributed by atoms with Crippen LogP contribution in [-0.2, 0) is 5.41 Å². The minimum Gasteiger partial charge on any atom is -0.440 e. The van der Waals surface area contributed by atoms with E-state index in [1.807, 2.05) is 23.8 Å². The van der Waals surface area contributed by atoms with Gasteiger partial charge in [0.2, 0.25) is 0 Å². The molecule has 0 atom stereocenters. The van der Waals surface area contributed by atoms with Gasteiger partial charge in [-0.15, -0.1) is 0 Å². The average Bonchev–Trinajstić information content (AvgIpc) is 3.06. The summed E-state index contributed by atoms with van der Waals surface area (Å²) >= 11 is 0. The summed E-state index contributed by atoms with van der Waals surface area (Å²) in [6.07, 6.45) is 9.02. The Balaban J connectivity index is 2.01. The predicted octanol–water partition coefficient (Wildman–Crippen LogP) is 3.53. The fourth-order valence-electron chi connectivity index (χ4n) is 2.10. The Kier molecular flexibility index (Phi) is 3.12. The van der Waals surface area contributed by atoms with Gasteiger partial charge in [-0.05, 0) is 13.0 Å². The van der Waals surface area contributed by atoms with Gasteiger partial charge in [-0.3, -0.25) is 4.98 Å². The molecule has 108 valence electrons. The second-order valence-electron chi connectivity index (χ2n) is 6.06. The molecule has 0 fully saturated rings. The first-order chi connectivity index (χ1) is 9.95. The number of pyridine rings is 1. The van der Waals surface area contributed by atoms with Crippen molar-refractivity contribution in [3.8, 4) is 17.0 Å². The summed E-state index contributed by atoms with van der Waals surface area (Å²) in [5.41, 5.74) is 1.75. The van der Waals surface area contributed by atoms with Crippen LogP contribution in [0.15, 0.2) is 41.5 Å². The third-order valence-corrected chi connectivity index (χ3v) is 3.26. The number of aryl methyl sites for hydroxylation is 1. The Morgan fingerprint density at radius 3 is 2.52 bits per heavy atom. The van der Waals surface area contributed by atoms with E-state index < -0.39 is 0 Å². The summed E-state index contributed by atoms with van der Waals surface area (Å²) in [6, 6.07) is 2.02. The number of imidazole rings is 1. The van der Waals surface area contributed by atoms with Crippen LogP contribution in [0.4, 0.5) is 0 Å². The topological polar surface area (TPSA) is 56.7 Å². The van der Waals surface area contributed by atoms with Gasteiger partial charge in [0.25, 0.3) is 0 Å². The molecule has 5 nitrogen and oxygen atoms in total. The summed E-state index contributed by atoms with van der Waals surface area (Å²) in [7, 11) is 0. The van der Waals surface area contributed by atoms with Gasteiger partial charge in [0.1, 0.15) is 5.82 Å². The molecule has 0 spiro atoms. The van der Waals surface area contributed by atoms with Gasteiger partial charge in [-0.1, -0.05) is 20.8 Å². The number of hydrogen-bond donors (Lipinski definition) is 0. The van der Waals surface area contributed by atoms with E-state index in [-0.39, 0.29) is 5.41 Å². The molecule has 0 bridgehead atoms. The zero-order valence-electron chi connectivity index (χ0n) is 12.7. The van der Waals surface area contributed by atoms with E-state index >= 15 is 0 Å². The van der Waals surface area contributed by atoms with E-state index in [0.29, 0.717) is 0 Å². The molecule has 0 radical (unpaired) electrons. The van der Waals surface area contributed by atoms with Crippen molar-refractivity contribution >= 4 is 0 Å². The number of rotatable bonds is 2. The van der Waals surface area contributed by atoms with Crippen LogP contribution in [0.3, 0.4) is 0 Å². The van der Waals surface area contributed by atoms with Crippen LogP contribution in [0.25, 0.3) is 17.0 Å². The first-order valence-corrected chi connectivity index (χ1v) is 6.87. The Morgan fingerprint density at radius 1 is 1.10 bits per heavy atom. The van der Waals surface area contributed by atoms with E-state index in [1.54, 1.807) is 24.8 Å². The van der Waals surface area contributed by atoms with E-state index in [0.717, 1.165) is 28.7 Å². The number of aromatic nitrogens is 4. The Labute approximate surface area is 123 Å². The molecule has 0 amide bonds. The fourth-order valence-corrected chi connectivity index (χ4v) is 2.10. The maximum Gasteiger partial charge on any atom is 0.200 e. The highest BCUT2D eigenvalue weighted by molar-refractivity contribution is 5.58. The molecule has 0 aliphatic heterocycles. The average molecular weight is 282 g/mol. The summed E-state index contributed by atoms with van der Waals surface area (Å²) in [5.74, 6) is 2.37. The van der Waals surface area contributed by atoms with Gasteiger partial charge >= 0.3 is 0 Å². The monoisotopic (exact) mass is 282 g/mol. The summed E-state index contributed by atoms with van der Waals surface area (Å²) in [6.45, 7) is 8.18. The standard InChI is InChI=1S/C16H18N4O/c1-11-18-5-6-20(11)13-7-12(8-17-9-13)14-10-19-15(21-14)16(2,3)4/h5-10H,1-4H3. The molecule has 3 rings (SSSR count). The van der Waals surface area contributed by atoms with Gasteiger partial charge in [-0.25, -0.2) is 9.97 Å². The largest absolute Gasteiger partial charge is 0.440 e. The van der Waals surface area contributed by atoms with Gasteiger partial charge in [0.15, 0.2) is 11.7 Å². The molecule has 21 heavy (non-hydrogen) atoms. The lowest BCUT2D eigenvalue weighted by Crippen LogP contribution is -2.10. The Hall–Kier alpha value is -2.43. The third-order valence-electron chi connectivity index (χ3n) is 3.26. The lowest BCUT2D eigenvalue weighted by molar-refractivity contribution is 0.399. The van der Waals surface area contributed by atoms with Crippen LogP contribution in [0.5, 0.6) is 0 Å². The lowest BCUT2D eigenvalue weighted by atomic mass is 9.97. The molecular formula is C16H18N4O. The Bertz CT molecular complexity index is 764. The van der Waals surface area contributed by atoms with Gasteiger partial charge in [0.05, 0.1) is 18.1 Å². The molecule has 0 aromatic carbocycles. The smallest absolute Gasteiger partial charge is 0.200 e. The molecule has 0 aliphatic carbocycles. The molecule has 3 heterocycles. The minimum absolute atomic E-state index is 0.107. The van der Waals surface area contributed by atoms with Crippen molar-refractivity contribution in [2.24, 2.45) is 0 Å². The highest BCUT2D eigenvalue weighted by Gasteiger charge is 2.20. The molecule has 0 N–H and O–H groups in total. The number of hydrogen-bond acceptors (Lipinski definition) is 4. The van der Waals surface area contributed by atoms with Crippen LogP contribution in [0.1, 0.15) is 32.5 Å². The minimum atomic E-state index is -0.107. The SMILES string of the molecule is Cc1nccn1-c1cncc(-c2cnc(C(C)(C)C)o2)c1. The van der Waals surface area contributed by atoms with E-state index in [9.17, 15) is 0 Å². The molecule has 0 aliphatic rings. The molecule has 3 aromatic heterocycles. The highest BCUT2D eigenvalue weighted by Crippen LogP contribution is 2.27. The van der Waals surface area contributed by atoms with Crippen molar-refractivity contribution in [2.75, 3.05) is 0 Å². The Morgan fingerprint density at radius 2 is 1.90 bits per heavy atom. The van der Waals surface area contributed by atoms with E-state index in [4.69, 9.17) is 4.42 Å². The van der Waals surface area contributed by atoms with Crippen molar-refractivity contribution in [3.05, 3.63) is 48.8 Å². The van der Waals surface area contributed by atoms with Crippen LogP contribution in [-0.4, -0.2) is 19.5 Å². The molecular weight excluding hydrogens is 264 g/mol. The van der Waals surface area contributed by atoms with E-state index in [1.165, 1.54) is 0 Å². The predicted molar refractivity (Wildman–Crippen MR) is 80.3 cm³/mol. The van der Waals surface area contributed by atoms with Crippen molar-refractivity contribution < 1.29 is 4.42 Å². The van der Waals surface area contributed by atoms with Gasteiger partial charge < -0.3 is 8.98 Å². The van der Waals surface area contributed by atoms with Crippen molar-refractivity contribution in [3.63, 3.8) is 0 Å². The summed E-state index contributed by atoms with van der Waals surface area (Å²) in [4.78, 5) is 12.9. The second kappa shape index (κ2) is 4.84. The first-order valence-electron chi connectivity index (χ1n) is 6.87. The van der Waals surface area contributed by atoms with Crippen molar-refractivity contribution in [1.82, 2.24) is 19.5 Å². The zero-order chi connectivity index (χ0) is 15.0. The normalized spacial score (nSPS) is 11.8. The molecule has 0 unspecified atom stereocenters. The van der Waals surface area contributed by atoms with Crippen molar-refractivity contribution in [2.45, 2.75) is 33.1 Å². The molecule has 0 saturated carbocycles. The lowest BCUT2D eigenvalue weighted by Gasteiger charge is -2.12. The maximum absolute atomic E-state index is 5.86. The maximum atomic E-state index is 5.86. The van der Waals surface area contributed by atoms with Crippen LogP contribution in [0.2, 0.25) is 0 Å². The highest BCUT2D eigenvalue weighted by atomic mass is 16.4. The summed E-state index contributed by atoms with van der Waals surface area (Å²) in [5, 5.41) is 0. The first kappa shape index (κ1) is 13.5. The molecule has 0 saturated heterocycles. The number of nitrogens with zero attached hydrogens (tertiary/aromatic N) is 4. The van der Waals surface area contributed by atoms with Crippen LogP contribution >= 0.6 is 0 Å². The fraction of sp³-hybridized carbons (Fsp3) is 0.312. The van der Waals surface area contributed by atoms with E-state index in [2.05, 4.69) is 35.7 Å². The van der Waals surface area contributed by atoms with Gasteiger partial charge in [-0.2, -0.15) is 0 Å².